The van der Waals surface area contributed by atoms with Crippen LogP contribution in [-0.4, -0.2) is 5.60 Å². The zero-order valence-electron chi connectivity index (χ0n) is 13.1. The minimum absolute atomic E-state index is 0.0969. The van der Waals surface area contributed by atoms with Crippen molar-refractivity contribution in [2.24, 2.45) is 0 Å². The molecule has 1 aromatic rings. The molecule has 0 radical (unpaired) electrons. The highest BCUT2D eigenvalue weighted by molar-refractivity contribution is 5.34. The summed E-state index contributed by atoms with van der Waals surface area (Å²) in [4.78, 5) is 0. The van der Waals surface area contributed by atoms with E-state index in [1.165, 1.54) is 32.1 Å². The molecule has 0 saturated heterocycles. The van der Waals surface area contributed by atoms with Gasteiger partial charge in [0.1, 0.15) is 11.4 Å². The highest BCUT2D eigenvalue weighted by Crippen LogP contribution is 2.26. The third kappa shape index (κ3) is 5.65. The van der Waals surface area contributed by atoms with Crippen molar-refractivity contribution in [3.63, 3.8) is 0 Å². The van der Waals surface area contributed by atoms with E-state index in [0.717, 1.165) is 18.6 Å². The van der Waals surface area contributed by atoms with E-state index in [4.69, 9.17) is 10.00 Å². The number of unbranched alkanes of at least 4 members (excludes halogenated alkanes) is 4. The van der Waals surface area contributed by atoms with Gasteiger partial charge in [-0.25, -0.2) is 0 Å². The van der Waals surface area contributed by atoms with E-state index in [0.29, 0.717) is 5.56 Å². The Bertz CT molecular complexity index is 418. The van der Waals surface area contributed by atoms with E-state index in [9.17, 15) is 0 Å². The molecule has 0 aromatic heterocycles. The van der Waals surface area contributed by atoms with Crippen molar-refractivity contribution >= 4 is 0 Å². The lowest BCUT2D eigenvalue weighted by atomic mass is 9.94. The molecule has 0 heterocycles. The molecule has 0 amide bonds. The van der Waals surface area contributed by atoms with Crippen LogP contribution in [0.1, 0.15) is 71.3 Å². The number of ether oxygens (including phenoxy) is 1. The maximum Gasteiger partial charge on any atom is 0.120 e. The van der Waals surface area contributed by atoms with Crippen molar-refractivity contribution < 1.29 is 4.74 Å². The predicted molar refractivity (Wildman–Crippen MR) is 83.9 cm³/mol. The van der Waals surface area contributed by atoms with E-state index in [2.05, 4.69) is 26.8 Å². The normalized spacial score (nSPS) is 13.5. The van der Waals surface area contributed by atoms with Crippen LogP contribution in [0.2, 0.25) is 0 Å². The molecule has 0 aliphatic carbocycles. The minimum atomic E-state index is -0.0969. The molecular formula is C18H27NO. The van der Waals surface area contributed by atoms with E-state index in [1.807, 2.05) is 24.3 Å². The van der Waals surface area contributed by atoms with Crippen LogP contribution in [0.4, 0.5) is 0 Å². The molecule has 1 atom stereocenters. The van der Waals surface area contributed by atoms with Gasteiger partial charge in [0.25, 0.3) is 0 Å². The number of nitrogens with zero attached hydrogens (tertiary/aromatic N) is 1. The van der Waals surface area contributed by atoms with E-state index in [-0.39, 0.29) is 5.60 Å². The quantitative estimate of drug-likeness (QED) is 0.559. The Morgan fingerprint density at radius 2 is 1.70 bits per heavy atom. The fourth-order valence-corrected chi connectivity index (χ4v) is 2.28. The molecule has 1 rings (SSSR count). The molecule has 0 bridgehead atoms. The minimum Gasteiger partial charge on any atom is -0.488 e. The molecule has 1 aromatic carbocycles. The second kappa shape index (κ2) is 8.64. The molecule has 110 valence electrons. The van der Waals surface area contributed by atoms with Crippen molar-refractivity contribution in [1.29, 1.82) is 5.26 Å². The molecule has 0 N–H and O–H groups in total. The smallest absolute Gasteiger partial charge is 0.120 e. The summed E-state index contributed by atoms with van der Waals surface area (Å²) in [6.07, 6.45) is 8.55. The highest BCUT2D eigenvalue weighted by atomic mass is 16.5. The first-order valence-electron chi connectivity index (χ1n) is 7.82. The first kappa shape index (κ1) is 16.6. The second-order valence-electron chi connectivity index (χ2n) is 5.71. The van der Waals surface area contributed by atoms with Crippen molar-refractivity contribution in [2.45, 2.75) is 71.3 Å². The van der Waals surface area contributed by atoms with Crippen LogP contribution >= 0.6 is 0 Å². The van der Waals surface area contributed by atoms with Gasteiger partial charge in [-0.05, 0) is 50.5 Å². The summed E-state index contributed by atoms with van der Waals surface area (Å²) in [5.41, 5.74) is 0.579. The molecule has 0 saturated carbocycles. The first-order chi connectivity index (χ1) is 9.63. The lowest BCUT2D eigenvalue weighted by Gasteiger charge is -2.30. The summed E-state index contributed by atoms with van der Waals surface area (Å²) < 4.78 is 6.15. The maximum absolute atomic E-state index is 8.80. The maximum atomic E-state index is 8.80. The highest BCUT2D eigenvalue weighted by Gasteiger charge is 2.23. The van der Waals surface area contributed by atoms with Gasteiger partial charge in [0, 0.05) is 0 Å². The van der Waals surface area contributed by atoms with Gasteiger partial charge in [-0.3, -0.25) is 0 Å². The third-order valence-corrected chi connectivity index (χ3v) is 3.90. The number of benzene rings is 1. The van der Waals surface area contributed by atoms with E-state index in [1.54, 1.807) is 0 Å². The average Bonchev–Trinajstić information content (AvgIpc) is 2.48. The molecule has 0 fully saturated rings. The molecule has 2 nitrogen and oxygen atoms in total. The average molecular weight is 273 g/mol. The van der Waals surface area contributed by atoms with E-state index >= 15 is 0 Å². The standard InChI is InChI=1S/C18H27NO/c1-4-6-7-8-9-14-18(3,5-2)20-17-12-10-16(15-19)11-13-17/h10-13H,4-9,14H2,1-3H3. The van der Waals surface area contributed by atoms with Crippen LogP contribution in [0.5, 0.6) is 5.75 Å². The van der Waals surface area contributed by atoms with Gasteiger partial charge in [-0.2, -0.15) is 5.26 Å². The van der Waals surface area contributed by atoms with Gasteiger partial charge in [-0.1, -0.05) is 39.5 Å². The Labute approximate surface area is 123 Å². The fraction of sp³-hybridized carbons (Fsp3) is 0.611. The summed E-state index contributed by atoms with van der Waals surface area (Å²) in [6, 6.07) is 9.54. The predicted octanol–water partition coefficient (Wildman–Crippen LogP) is 5.47. The van der Waals surface area contributed by atoms with Crippen molar-refractivity contribution in [1.82, 2.24) is 0 Å². The van der Waals surface area contributed by atoms with Crippen LogP contribution in [-0.2, 0) is 0 Å². The lowest BCUT2D eigenvalue weighted by Crippen LogP contribution is -2.31. The van der Waals surface area contributed by atoms with Crippen LogP contribution < -0.4 is 4.74 Å². The summed E-state index contributed by atoms with van der Waals surface area (Å²) in [7, 11) is 0. The Kier molecular flexibility index (Phi) is 7.15. The van der Waals surface area contributed by atoms with Crippen LogP contribution in [0.3, 0.4) is 0 Å². The molecule has 20 heavy (non-hydrogen) atoms. The zero-order valence-corrected chi connectivity index (χ0v) is 13.1. The Morgan fingerprint density at radius 3 is 2.25 bits per heavy atom. The monoisotopic (exact) mass is 273 g/mol. The van der Waals surface area contributed by atoms with Gasteiger partial charge < -0.3 is 4.74 Å². The van der Waals surface area contributed by atoms with Gasteiger partial charge in [0.2, 0.25) is 0 Å². The van der Waals surface area contributed by atoms with Crippen molar-refractivity contribution in [3.8, 4) is 11.8 Å². The fourth-order valence-electron chi connectivity index (χ4n) is 2.28. The summed E-state index contributed by atoms with van der Waals surface area (Å²) in [5, 5.41) is 8.80. The third-order valence-electron chi connectivity index (χ3n) is 3.90. The molecule has 0 spiro atoms. The lowest BCUT2D eigenvalue weighted by molar-refractivity contribution is 0.0718. The Morgan fingerprint density at radius 1 is 1.05 bits per heavy atom. The molecule has 1 unspecified atom stereocenters. The molecular weight excluding hydrogens is 246 g/mol. The van der Waals surface area contributed by atoms with Gasteiger partial charge in [0.15, 0.2) is 0 Å². The number of hydrogen-bond donors (Lipinski definition) is 0. The molecule has 0 aliphatic heterocycles. The summed E-state index contributed by atoms with van der Waals surface area (Å²) >= 11 is 0. The van der Waals surface area contributed by atoms with Crippen LogP contribution in [0.25, 0.3) is 0 Å². The number of hydrogen-bond acceptors (Lipinski definition) is 2. The van der Waals surface area contributed by atoms with Gasteiger partial charge in [0.05, 0.1) is 11.6 Å². The molecule has 0 aliphatic rings. The van der Waals surface area contributed by atoms with Gasteiger partial charge in [-0.15, -0.1) is 0 Å². The van der Waals surface area contributed by atoms with Gasteiger partial charge >= 0.3 is 0 Å². The summed E-state index contributed by atoms with van der Waals surface area (Å²) in [6.45, 7) is 6.60. The van der Waals surface area contributed by atoms with Crippen molar-refractivity contribution in [3.05, 3.63) is 29.8 Å². The van der Waals surface area contributed by atoms with Crippen molar-refractivity contribution in [2.75, 3.05) is 0 Å². The zero-order chi connectivity index (χ0) is 14.8. The SMILES string of the molecule is CCCCCCCC(C)(CC)Oc1ccc(C#N)cc1. The second-order valence-corrected chi connectivity index (χ2v) is 5.71. The number of rotatable bonds is 9. The van der Waals surface area contributed by atoms with Crippen LogP contribution in [0, 0.1) is 11.3 Å². The largest absolute Gasteiger partial charge is 0.488 e. The topological polar surface area (TPSA) is 33.0 Å². The summed E-state index contributed by atoms with van der Waals surface area (Å²) in [5.74, 6) is 0.863. The Balaban J connectivity index is 2.48. The molecule has 2 heteroatoms. The Hall–Kier alpha value is -1.49. The van der Waals surface area contributed by atoms with Crippen LogP contribution in [0.15, 0.2) is 24.3 Å². The number of nitriles is 1. The first-order valence-corrected chi connectivity index (χ1v) is 7.82. The van der Waals surface area contributed by atoms with E-state index < -0.39 is 0 Å².